The number of benzene rings is 1. The molecule has 0 saturated heterocycles. The molecule has 1 aromatic heterocycles. The molecule has 0 spiro atoms. The van der Waals surface area contributed by atoms with Crippen molar-refractivity contribution in [2.45, 2.75) is 47.0 Å². The lowest BCUT2D eigenvalue weighted by molar-refractivity contribution is 0.794. The van der Waals surface area contributed by atoms with Crippen molar-refractivity contribution in [3.05, 3.63) is 125 Å². The number of aryl methyl sites for hydroxylation is 2. The zero-order valence-electron chi connectivity index (χ0n) is 21.1. The molecular weight excluding hydrogens is 432 g/mol. The van der Waals surface area contributed by atoms with E-state index < -0.39 is 0 Å². The van der Waals surface area contributed by atoms with Gasteiger partial charge in [-0.1, -0.05) is 92.4 Å². The summed E-state index contributed by atoms with van der Waals surface area (Å²) >= 11 is 1.78. The first-order chi connectivity index (χ1) is 16.6. The minimum Gasteiger partial charge on any atom is -0.390 e. The third kappa shape index (κ3) is 8.99. The molecule has 1 aliphatic heterocycles. The van der Waals surface area contributed by atoms with E-state index >= 15 is 0 Å². The Bertz CT molecular complexity index is 1080. The van der Waals surface area contributed by atoms with Crippen molar-refractivity contribution >= 4 is 11.3 Å². The van der Waals surface area contributed by atoms with Gasteiger partial charge in [0.2, 0.25) is 0 Å². The average molecular weight is 471 g/mol. The van der Waals surface area contributed by atoms with Gasteiger partial charge in [-0.2, -0.15) is 0 Å². The molecule has 0 aliphatic carbocycles. The lowest BCUT2D eigenvalue weighted by Gasteiger charge is -2.16. The highest BCUT2D eigenvalue weighted by Gasteiger charge is 2.07. The van der Waals surface area contributed by atoms with E-state index in [9.17, 15) is 0 Å². The Morgan fingerprint density at radius 2 is 1.94 bits per heavy atom. The smallest absolute Gasteiger partial charge is 0.123 e. The van der Waals surface area contributed by atoms with Gasteiger partial charge in [0.1, 0.15) is 5.01 Å². The Kier molecular flexibility index (Phi) is 12.4. The van der Waals surface area contributed by atoms with E-state index in [2.05, 4.69) is 111 Å². The van der Waals surface area contributed by atoms with Crippen LogP contribution < -0.4 is 5.32 Å². The number of allylic oxidation sites excluding steroid dienone is 11. The predicted molar refractivity (Wildman–Crippen MR) is 152 cm³/mol. The normalized spacial score (nSPS) is 15.5. The van der Waals surface area contributed by atoms with E-state index in [0.29, 0.717) is 0 Å². The van der Waals surface area contributed by atoms with Crippen molar-refractivity contribution in [3.8, 4) is 10.6 Å². The van der Waals surface area contributed by atoms with E-state index in [1.807, 2.05) is 18.2 Å². The van der Waals surface area contributed by atoms with E-state index in [4.69, 9.17) is 0 Å². The molecule has 1 aliphatic rings. The highest BCUT2D eigenvalue weighted by molar-refractivity contribution is 7.15. The Hall–Kier alpha value is -3.17. The number of hydrogen-bond acceptors (Lipinski definition) is 3. The summed E-state index contributed by atoms with van der Waals surface area (Å²) in [5.74, 6) is 0. The van der Waals surface area contributed by atoms with Crippen LogP contribution in [-0.2, 0) is 6.42 Å². The van der Waals surface area contributed by atoms with Crippen LogP contribution in [0.2, 0.25) is 0 Å². The fourth-order valence-electron chi connectivity index (χ4n) is 3.55. The molecule has 0 saturated carbocycles. The minimum absolute atomic E-state index is 0.931. The Balaban J connectivity index is 0.000000254. The predicted octanol–water partition coefficient (Wildman–Crippen LogP) is 8.68. The SMILES string of the molecule is C=C/C=C\C=C/CC(/C=C\C)=C/C1=CNCC/C1=C\C.CCc1nc(-c2ccccc2)sc1C. The second kappa shape index (κ2) is 15.6. The number of nitrogens with one attached hydrogen (secondary N) is 1. The number of thiazole rings is 1. The van der Waals surface area contributed by atoms with Gasteiger partial charge in [-0.3, -0.25) is 0 Å². The maximum absolute atomic E-state index is 4.62. The van der Waals surface area contributed by atoms with Crippen LogP contribution in [0.15, 0.2) is 115 Å². The summed E-state index contributed by atoms with van der Waals surface area (Å²) in [7, 11) is 0. The number of nitrogens with zero attached hydrogens (tertiary/aromatic N) is 1. The van der Waals surface area contributed by atoms with Crippen molar-refractivity contribution < 1.29 is 0 Å². The second-order valence-electron chi connectivity index (χ2n) is 7.83. The molecular formula is C31H38N2S. The van der Waals surface area contributed by atoms with E-state index in [-0.39, 0.29) is 0 Å². The first kappa shape index (κ1) is 27.1. The van der Waals surface area contributed by atoms with Crippen LogP contribution >= 0.6 is 11.3 Å². The molecule has 3 heteroatoms. The van der Waals surface area contributed by atoms with Gasteiger partial charge in [0, 0.05) is 23.2 Å². The topological polar surface area (TPSA) is 24.9 Å². The van der Waals surface area contributed by atoms with Gasteiger partial charge in [-0.15, -0.1) is 11.3 Å². The quantitative estimate of drug-likeness (QED) is 0.390. The van der Waals surface area contributed by atoms with Crippen LogP contribution in [0.5, 0.6) is 0 Å². The van der Waals surface area contributed by atoms with Crippen molar-refractivity contribution in [2.75, 3.05) is 6.54 Å². The molecule has 2 heterocycles. The summed E-state index contributed by atoms with van der Waals surface area (Å²) in [6.45, 7) is 13.1. The third-order valence-corrected chi connectivity index (χ3v) is 6.40. The van der Waals surface area contributed by atoms with E-state index in [0.717, 1.165) is 30.8 Å². The zero-order chi connectivity index (χ0) is 24.6. The Labute approximate surface area is 210 Å². The van der Waals surface area contributed by atoms with Gasteiger partial charge in [-0.25, -0.2) is 4.98 Å². The highest BCUT2D eigenvalue weighted by Crippen LogP contribution is 2.27. The van der Waals surface area contributed by atoms with Crippen molar-refractivity contribution in [2.24, 2.45) is 0 Å². The van der Waals surface area contributed by atoms with Crippen molar-refractivity contribution in [1.29, 1.82) is 0 Å². The third-order valence-electron chi connectivity index (χ3n) is 5.33. The van der Waals surface area contributed by atoms with Crippen LogP contribution in [0.25, 0.3) is 10.6 Å². The second-order valence-corrected chi connectivity index (χ2v) is 9.03. The van der Waals surface area contributed by atoms with Gasteiger partial charge in [0.05, 0.1) is 5.69 Å². The standard InChI is InChI=1S/C19H25N.C12H13NS/c1-4-7-8-9-10-12-17(11-5-2)15-19-16-20-14-13-18(19)6-3;1-3-11-9(2)14-12(13-11)10-7-5-4-6-8-10/h4-11,15-16,20H,1,12-14H2,2-3H3;4-8H,3H2,1-2H3/b8-7-,10-9-,11-5-,17-15+,18-6+;. The number of hydrogen-bond donors (Lipinski definition) is 1. The summed E-state index contributed by atoms with van der Waals surface area (Å²) in [6, 6.07) is 10.4. The Morgan fingerprint density at radius 1 is 1.15 bits per heavy atom. The van der Waals surface area contributed by atoms with Crippen LogP contribution in [0.1, 0.15) is 44.2 Å². The molecule has 0 atom stereocenters. The van der Waals surface area contributed by atoms with Gasteiger partial charge < -0.3 is 5.32 Å². The molecule has 0 fully saturated rings. The molecule has 0 radical (unpaired) electrons. The summed E-state index contributed by atoms with van der Waals surface area (Å²) in [5, 5.41) is 4.46. The largest absolute Gasteiger partial charge is 0.390 e. The summed E-state index contributed by atoms with van der Waals surface area (Å²) in [4.78, 5) is 5.96. The van der Waals surface area contributed by atoms with Crippen molar-refractivity contribution in [3.63, 3.8) is 0 Å². The monoisotopic (exact) mass is 470 g/mol. The zero-order valence-corrected chi connectivity index (χ0v) is 21.9. The van der Waals surface area contributed by atoms with Crippen LogP contribution in [0.3, 0.4) is 0 Å². The molecule has 2 aromatic rings. The molecule has 0 amide bonds. The fraction of sp³-hybridized carbons (Fsp3) is 0.258. The van der Waals surface area contributed by atoms with Crippen LogP contribution in [-0.4, -0.2) is 11.5 Å². The number of aromatic nitrogens is 1. The maximum Gasteiger partial charge on any atom is 0.123 e. The van der Waals surface area contributed by atoms with Gasteiger partial charge in [-0.05, 0) is 62.8 Å². The van der Waals surface area contributed by atoms with Gasteiger partial charge >= 0.3 is 0 Å². The minimum atomic E-state index is 0.931. The van der Waals surface area contributed by atoms with Crippen molar-refractivity contribution in [1.82, 2.24) is 10.3 Å². The fourth-order valence-corrected chi connectivity index (χ4v) is 4.55. The molecule has 0 unspecified atom stereocenters. The molecule has 2 nitrogen and oxygen atoms in total. The summed E-state index contributed by atoms with van der Waals surface area (Å²) in [6.07, 6.45) is 23.8. The highest BCUT2D eigenvalue weighted by atomic mass is 32.1. The molecule has 1 aromatic carbocycles. The molecule has 34 heavy (non-hydrogen) atoms. The summed E-state index contributed by atoms with van der Waals surface area (Å²) < 4.78 is 0. The van der Waals surface area contributed by atoms with Gasteiger partial charge in [0.25, 0.3) is 0 Å². The molecule has 178 valence electrons. The van der Waals surface area contributed by atoms with E-state index in [1.54, 1.807) is 17.4 Å². The number of rotatable bonds is 8. The Morgan fingerprint density at radius 3 is 2.59 bits per heavy atom. The first-order valence-corrected chi connectivity index (χ1v) is 12.8. The lowest BCUT2D eigenvalue weighted by Crippen LogP contribution is -2.15. The summed E-state index contributed by atoms with van der Waals surface area (Å²) in [5.41, 5.74) is 6.47. The van der Waals surface area contributed by atoms with Crippen LogP contribution in [0.4, 0.5) is 0 Å². The van der Waals surface area contributed by atoms with Crippen LogP contribution in [0, 0.1) is 6.92 Å². The lowest BCUT2D eigenvalue weighted by atomic mass is 9.97. The van der Waals surface area contributed by atoms with E-state index in [1.165, 1.54) is 32.9 Å². The maximum atomic E-state index is 4.62. The molecule has 0 bridgehead atoms. The first-order valence-electron chi connectivity index (χ1n) is 12.0. The average Bonchev–Trinajstić information content (AvgIpc) is 3.26. The molecule has 3 rings (SSSR count). The molecule has 1 N–H and O–H groups in total. The van der Waals surface area contributed by atoms with Gasteiger partial charge in [0.15, 0.2) is 0 Å².